The summed E-state index contributed by atoms with van der Waals surface area (Å²) in [5, 5.41) is 0. The van der Waals surface area contributed by atoms with Crippen LogP contribution in [0.4, 0.5) is 0 Å². The summed E-state index contributed by atoms with van der Waals surface area (Å²) in [5.74, 6) is 0. The van der Waals surface area contributed by atoms with Gasteiger partial charge in [0.1, 0.15) is 0 Å². The molecule has 2 heteroatoms. The van der Waals surface area contributed by atoms with Crippen LogP contribution in [0, 0.1) is 5.41 Å². The van der Waals surface area contributed by atoms with Crippen molar-refractivity contribution in [3.63, 3.8) is 0 Å². The van der Waals surface area contributed by atoms with Crippen LogP contribution in [-0.2, 0) is 4.79 Å². The maximum absolute atomic E-state index is 10.7. The summed E-state index contributed by atoms with van der Waals surface area (Å²) < 4.78 is 0.248. The molecule has 0 atom stereocenters. The monoisotopic (exact) mass is 226 g/mol. The summed E-state index contributed by atoms with van der Waals surface area (Å²) >= 11 is 1.85. The van der Waals surface area contributed by atoms with Crippen molar-refractivity contribution < 1.29 is 4.79 Å². The molecule has 0 saturated carbocycles. The van der Waals surface area contributed by atoms with E-state index >= 15 is 0 Å². The molecule has 0 aromatic carbocycles. The van der Waals surface area contributed by atoms with Crippen LogP contribution in [0.15, 0.2) is 0 Å². The van der Waals surface area contributed by atoms with Crippen LogP contribution in [0.5, 0.6) is 0 Å². The Morgan fingerprint density at radius 3 is 2.00 bits per heavy atom. The average molecular weight is 226 g/mol. The molecule has 0 radical (unpaired) electrons. The highest BCUT2D eigenvalue weighted by molar-refractivity contribution is 14.1. The first-order chi connectivity index (χ1) is 3.50. The average Bonchev–Trinajstić information content (AvgIpc) is 1.67. The molecule has 8 heavy (non-hydrogen) atoms. The van der Waals surface area contributed by atoms with Gasteiger partial charge in [0.2, 0.25) is 0 Å². The Hall–Kier alpha value is 0.400. The van der Waals surface area contributed by atoms with Gasteiger partial charge in [0.05, 0.1) is 0 Å². The van der Waals surface area contributed by atoms with Gasteiger partial charge in [0.15, 0.2) is 3.79 Å². The van der Waals surface area contributed by atoms with Crippen LogP contribution in [-0.4, -0.2) is 3.79 Å². The molecule has 0 fully saturated rings. The molecular weight excluding hydrogens is 215 g/mol. The summed E-state index contributed by atoms with van der Waals surface area (Å²) in [5.41, 5.74) is -0.111. The van der Waals surface area contributed by atoms with E-state index in [-0.39, 0.29) is 9.20 Å². The first-order valence-corrected chi connectivity index (χ1v) is 3.78. The van der Waals surface area contributed by atoms with E-state index in [0.717, 1.165) is 6.42 Å². The van der Waals surface area contributed by atoms with Gasteiger partial charge in [-0.15, -0.1) is 0 Å². The van der Waals surface area contributed by atoms with E-state index in [0.29, 0.717) is 0 Å². The van der Waals surface area contributed by atoms with Crippen molar-refractivity contribution in [2.75, 3.05) is 0 Å². The molecule has 0 aliphatic carbocycles. The molecule has 0 aromatic rings. The fourth-order valence-corrected chi connectivity index (χ4v) is 0.520. The lowest BCUT2D eigenvalue weighted by molar-refractivity contribution is -0.116. The largest absolute Gasteiger partial charge is 0.287 e. The first-order valence-electron chi connectivity index (χ1n) is 2.70. The fraction of sp³-hybridized carbons (Fsp3) is 0.833. The van der Waals surface area contributed by atoms with Crippen molar-refractivity contribution in [3.8, 4) is 0 Å². The maximum Gasteiger partial charge on any atom is 0.197 e. The second-order valence-corrected chi connectivity index (χ2v) is 3.49. The Balaban J connectivity index is 3.91. The minimum Gasteiger partial charge on any atom is -0.287 e. The third-order valence-electron chi connectivity index (χ3n) is 1.42. The third-order valence-corrected chi connectivity index (χ3v) is 2.88. The van der Waals surface area contributed by atoms with Gasteiger partial charge in [-0.2, -0.15) is 0 Å². The maximum atomic E-state index is 10.7. The predicted octanol–water partition coefficient (Wildman–Crippen LogP) is 2.38. The Labute approximate surface area is 64.0 Å². The van der Waals surface area contributed by atoms with Gasteiger partial charge >= 0.3 is 0 Å². The predicted molar refractivity (Wildman–Crippen MR) is 43.1 cm³/mol. The second-order valence-electron chi connectivity index (χ2n) is 2.51. The number of carbonyl (C=O) groups excluding carboxylic acids is 1. The highest BCUT2D eigenvalue weighted by atomic mass is 127. The molecule has 0 bridgehead atoms. The van der Waals surface area contributed by atoms with E-state index in [1.54, 1.807) is 0 Å². The van der Waals surface area contributed by atoms with Crippen LogP contribution in [0.1, 0.15) is 27.2 Å². The summed E-state index contributed by atoms with van der Waals surface area (Å²) in [6.45, 7) is 5.94. The smallest absolute Gasteiger partial charge is 0.197 e. The SMILES string of the molecule is CCC(C)(C)C(=O)I. The highest BCUT2D eigenvalue weighted by Gasteiger charge is 2.21. The van der Waals surface area contributed by atoms with E-state index in [4.69, 9.17) is 0 Å². The number of rotatable bonds is 2. The minimum absolute atomic E-state index is 0.111. The lowest BCUT2D eigenvalue weighted by Crippen LogP contribution is -2.16. The van der Waals surface area contributed by atoms with Gasteiger partial charge < -0.3 is 0 Å². The van der Waals surface area contributed by atoms with Crippen molar-refractivity contribution in [2.45, 2.75) is 27.2 Å². The van der Waals surface area contributed by atoms with E-state index in [1.807, 2.05) is 43.4 Å². The number of halogens is 1. The quantitative estimate of drug-likeness (QED) is 0.521. The molecule has 0 saturated heterocycles. The second kappa shape index (κ2) is 2.80. The summed E-state index contributed by atoms with van der Waals surface area (Å²) in [7, 11) is 0. The molecule has 0 amide bonds. The van der Waals surface area contributed by atoms with E-state index < -0.39 is 0 Å². The molecule has 48 valence electrons. The van der Waals surface area contributed by atoms with Gasteiger partial charge in [-0.1, -0.05) is 20.8 Å². The molecule has 0 N–H and O–H groups in total. The lowest BCUT2D eigenvalue weighted by Gasteiger charge is -2.15. The van der Waals surface area contributed by atoms with Crippen molar-refractivity contribution >= 4 is 26.4 Å². The molecule has 0 rings (SSSR count). The van der Waals surface area contributed by atoms with Gasteiger partial charge in [-0.05, 0) is 6.42 Å². The van der Waals surface area contributed by atoms with Crippen molar-refractivity contribution in [3.05, 3.63) is 0 Å². The third kappa shape index (κ3) is 2.11. The zero-order valence-corrected chi connectivity index (χ0v) is 7.65. The number of hydrogen-bond acceptors (Lipinski definition) is 1. The minimum atomic E-state index is -0.111. The topological polar surface area (TPSA) is 17.1 Å². The molecule has 0 aromatic heterocycles. The van der Waals surface area contributed by atoms with Gasteiger partial charge in [0, 0.05) is 28.0 Å². The van der Waals surface area contributed by atoms with Crippen molar-refractivity contribution in [1.82, 2.24) is 0 Å². The van der Waals surface area contributed by atoms with Crippen molar-refractivity contribution in [2.24, 2.45) is 5.41 Å². The molecule has 0 unspecified atom stereocenters. The Kier molecular flexibility index (Phi) is 2.94. The Morgan fingerprint density at radius 1 is 1.62 bits per heavy atom. The molecular formula is C6H11IO. The van der Waals surface area contributed by atoms with Crippen LogP contribution in [0.2, 0.25) is 0 Å². The van der Waals surface area contributed by atoms with Gasteiger partial charge in [-0.3, -0.25) is 4.79 Å². The first kappa shape index (κ1) is 8.40. The van der Waals surface area contributed by atoms with Crippen LogP contribution in [0.25, 0.3) is 0 Å². The van der Waals surface area contributed by atoms with E-state index in [2.05, 4.69) is 0 Å². The number of carbonyl (C=O) groups is 1. The standard InChI is InChI=1S/C6H11IO/c1-4-6(2,3)5(7)8/h4H2,1-3H3. The van der Waals surface area contributed by atoms with Crippen molar-refractivity contribution in [1.29, 1.82) is 0 Å². The highest BCUT2D eigenvalue weighted by Crippen LogP contribution is 2.23. The Bertz CT molecular complexity index is 96.7. The lowest BCUT2D eigenvalue weighted by atomic mass is 9.93. The van der Waals surface area contributed by atoms with E-state index in [1.165, 1.54) is 0 Å². The zero-order valence-electron chi connectivity index (χ0n) is 5.49. The van der Waals surface area contributed by atoms with Gasteiger partial charge in [0.25, 0.3) is 0 Å². The van der Waals surface area contributed by atoms with Gasteiger partial charge in [-0.25, -0.2) is 0 Å². The molecule has 1 nitrogen and oxygen atoms in total. The zero-order chi connectivity index (χ0) is 6.78. The summed E-state index contributed by atoms with van der Waals surface area (Å²) in [4.78, 5) is 10.7. The molecule has 0 spiro atoms. The molecule has 0 aliphatic rings. The van der Waals surface area contributed by atoms with Crippen LogP contribution in [0.3, 0.4) is 0 Å². The normalized spacial score (nSPS) is 11.5. The number of hydrogen-bond donors (Lipinski definition) is 0. The van der Waals surface area contributed by atoms with Crippen LogP contribution >= 0.6 is 22.6 Å². The Morgan fingerprint density at radius 2 is 2.00 bits per heavy atom. The fourth-order valence-electron chi connectivity index (χ4n) is 0.139. The molecule has 0 heterocycles. The summed E-state index contributed by atoms with van der Waals surface area (Å²) in [6, 6.07) is 0. The van der Waals surface area contributed by atoms with Crippen LogP contribution < -0.4 is 0 Å². The molecule has 0 aliphatic heterocycles. The van der Waals surface area contributed by atoms with E-state index in [9.17, 15) is 4.79 Å². The summed E-state index contributed by atoms with van der Waals surface area (Å²) in [6.07, 6.45) is 0.925.